The minimum absolute atomic E-state index is 0.103. The third-order valence-electron chi connectivity index (χ3n) is 10.3. The molecule has 0 bridgehead atoms. The van der Waals surface area contributed by atoms with Crippen molar-refractivity contribution >= 4 is 21.5 Å². The van der Waals surface area contributed by atoms with Crippen molar-refractivity contribution in [2.45, 2.75) is 19.3 Å². The summed E-state index contributed by atoms with van der Waals surface area (Å²) in [6, 6.07) is 62.6. The molecule has 47 heavy (non-hydrogen) atoms. The lowest BCUT2D eigenvalue weighted by molar-refractivity contribution is 0.661. The summed E-state index contributed by atoms with van der Waals surface area (Å²) in [5.74, 6) is 0. The minimum Gasteiger partial charge on any atom is -0.0622 e. The Balaban J connectivity index is 1.25. The van der Waals surface area contributed by atoms with Gasteiger partial charge in [0.05, 0.1) is 0 Å². The smallest absolute Gasteiger partial charge is 0.0159 e. The lowest BCUT2D eigenvalue weighted by atomic mass is 9.80. The number of rotatable bonds is 4. The summed E-state index contributed by atoms with van der Waals surface area (Å²) in [7, 11) is 0. The first-order chi connectivity index (χ1) is 23.1. The molecule has 0 fully saturated rings. The molecule has 8 aromatic carbocycles. The fourth-order valence-electron chi connectivity index (χ4n) is 7.92. The van der Waals surface area contributed by atoms with Crippen LogP contribution in [0.1, 0.15) is 25.0 Å². The van der Waals surface area contributed by atoms with Crippen LogP contribution in [0.25, 0.3) is 77.2 Å². The molecule has 8 aromatic rings. The molecule has 0 atom stereocenters. The van der Waals surface area contributed by atoms with Crippen molar-refractivity contribution in [1.82, 2.24) is 0 Å². The van der Waals surface area contributed by atoms with Gasteiger partial charge in [0.2, 0.25) is 0 Å². The number of fused-ring (bicyclic) bond motifs is 5. The fraction of sp³-hybridized carbons (Fsp3) is 0.0638. The Morgan fingerprint density at radius 1 is 0.298 bits per heavy atom. The summed E-state index contributed by atoms with van der Waals surface area (Å²) in [6.45, 7) is 4.75. The van der Waals surface area contributed by atoms with E-state index in [0.717, 1.165) is 0 Å². The van der Waals surface area contributed by atoms with Gasteiger partial charge in [-0.15, -0.1) is 0 Å². The van der Waals surface area contributed by atoms with Crippen LogP contribution in [0.5, 0.6) is 0 Å². The van der Waals surface area contributed by atoms with Gasteiger partial charge in [0.1, 0.15) is 0 Å². The predicted molar refractivity (Wildman–Crippen MR) is 201 cm³/mol. The first-order valence-corrected chi connectivity index (χ1v) is 16.5. The van der Waals surface area contributed by atoms with Crippen LogP contribution in [0.2, 0.25) is 0 Å². The highest BCUT2D eigenvalue weighted by Gasteiger charge is 2.36. The molecule has 1 aliphatic rings. The van der Waals surface area contributed by atoms with Crippen molar-refractivity contribution in [3.8, 4) is 55.6 Å². The summed E-state index contributed by atoms with van der Waals surface area (Å²) >= 11 is 0. The lowest BCUT2D eigenvalue weighted by Gasteiger charge is -2.23. The predicted octanol–water partition coefficient (Wildman–Crippen LogP) is 13.0. The van der Waals surface area contributed by atoms with Crippen molar-refractivity contribution in [2.75, 3.05) is 0 Å². The first kappa shape index (κ1) is 27.6. The lowest BCUT2D eigenvalue weighted by Crippen LogP contribution is -2.15. The molecule has 0 heterocycles. The van der Waals surface area contributed by atoms with Crippen LogP contribution in [-0.4, -0.2) is 0 Å². The van der Waals surface area contributed by atoms with Gasteiger partial charge in [0, 0.05) is 5.41 Å². The molecule has 0 unspecified atom stereocenters. The molecule has 1 aliphatic carbocycles. The number of hydrogen-bond acceptors (Lipinski definition) is 0. The molecule has 9 rings (SSSR count). The maximum Gasteiger partial charge on any atom is 0.0159 e. The summed E-state index contributed by atoms with van der Waals surface area (Å²) in [4.78, 5) is 0. The maximum absolute atomic E-state index is 2.44. The molecule has 0 aliphatic heterocycles. The molecule has 0 saturated heterocycles. The average Bonchev–Trinajstić information content (AvgIpc) is 3.36. The van der Waals surface area contributed by atoms with Crippen molar-refractivity contribution in [1.29, 1.82) is 0 Å². The molecular weight excluding hydrogens is 565 g/mol. The van der Waals surface area contributed by atoms with Crippen molar-refractivity contribution < 1.29 is 0 Å². The van der Waals surface area contributed by atoms with Crippen LogP contribution in [0.3, 0.4) is 0 Å². The molecule has 0 nitrogen and oxygen atoms in total. The normalized spacial score (nSPS) is 13.1. The third-order valence-corrected chi connectivity index (χ3v) is 10.3. The zero-order valence-electron chi connectivity index (χ0n) is 26.7. The van der Waals surface area contributed by atoms with Gasteiger partial charge in [-0.05, 0) is 107 Å². The fourth-order valence-corrected chi connectivity index (χ4v) is 7.92. The number of benzene rings is 8. The second-order valence-corrected chi connectivity index (χ2v) is 13.3. The number of hydrogen-bond donors (Lipinski definition) is 0. The maximum atomic E-state index is 2.44. The standard InChI is InChI=1S/C47H34/c1-47(2)43-29-35(31-14-6-3-7-15-31)22-25-37(43)38-26-23-36(30-44(38)47)34-24-27-41-42(28-34)46(33-18-10-5-11-19-33)40-21-13-12-20-39(40)45(41)32-16-8-4-9-17-32/h3-30H,1-2H3. The molecule has 0 radical (unpaired) electrons. The quantitative estimate of drug-likeness (QED) is 0.177. The average molecular weight is 599 g/mol. The van der Waals surface area contributed by atoms with E-state index >= 15 is 0 Å². The van der Waals surface area contributed by atoms with E-state index < -0.39 is 0 Å². The molecule has 0 heteroatoms. The largest absolute Gasteiger partial charge is 0.0622 e. The molecule has 222 valence electrons. The Labute approximate surface area is 276 Å². The summed E-state index contributed by atoms with van der Waals surface area (Å²) < 4.78 is 0. The summed E-state index contributed by atoms with van der Waals surface area (Å²) in [5.41, 5.74) is 15.5. The van der Waals surface area contributed by atoms with Gasteiger partial charge in [-0.1, -0.05) is 166 Å². The summed E-state index contributed by atoms with van der Waals surface area (Å²) in [6.07, 6.45) is 0. The van der Waals surface area contributed by atoms with E-state index in [2.05, 4.69) is 184 Å². The zero-order valence-corrected chi connectivity index (χ0v) is 26.7. The van der Waals surface area contributed by atoms with Gasteiger partial charge in [-0.3, -0.25) is 0 Å². The highest BCUT2D eigenvalue weighted by Crippen LogP contribution is 2.51. The Bertz CT molecular complexity index is 2450. The van der Waals surface area contributed by atoms with Crippen LogP contribution in [0.4, 0.5) is 0 Å². The van der Waals surface area contributed by atoms with Crippen LogP contribution in [0.15, 0.2) is 170 Å². The van der Waals surface area contributed by atoms with Gasteiger partial charge in [0.15, 0.2) is 0 Å². The first-order valence-electron chi connectivity index (χ1n) is 16.5. The van der Waals surface area contributed by atoms with E-state index in [1.165, 1.54) is 88.3 Å². The molecule has 0 saturated carbocycles. The Morgan fingerprint density at radius 3 is 1.21 bits per heavy atom. The SMILES string of the molecule is CC1(C)c2cc(-c3ccccc3)ccc2-c2ccc(-c3ccc4c(-c5ccccc5)c5ccccc5c(-c5ccccc5)c4c3)cc21. The van der Waals surface area contributed by atoms with E-state index in [0.29, 0.717) is 0 Å². The second-order valence-electron chi connectivity index (χ2n) is 13.3. The van der Waals surface area contributed by atoms with E-state index in [1.54, 1.807) is 0 Å². The van der Waals surface area contributed by atoms with Gasteiger partial charge in [-0.25, -0.2) is 0 Å². The van der Waals surface area contributed by atoms with Crippen LogP contribution >= 0.6 is 0 Å². The van der Waals surface area contributed by atoms with Gasteiger partial charge < -0.3 is 0 Å². The van der Waals surface area contributed by atoms with Crippen molar-refractivity contribution in [3.63, 3.8) is 0 Å². The molecule has 0 amide bonds. The Kier molecular flexibility index (Phi) is 6.27. The van der Waals surface area contributed by atoms with Gasteiger partial charge in [0.25, 0.3) is 0 Å². The van der Waals surface area contributed by atoms with Gasteiger partial charge >= 0.3 is 0 Å². The third kappa shape index (κ3) is 4.37. The van der Waals surface area contributed by atoms with E-state index in [-0.39, 0.29) is 5.41 Å². The van der Waals surface area contributed by atoms with Gasteiger partial charge in [-0.2, -0.15) is 0 Å². The van der Waals surface area contributed by atoms with Crippen molar-refractivity contribution in [2.24, 2.45) is 0 Å². The minimum atomic E-state index is -0.103. The van der Waals surface area contributed by atoms with Crippen LogP contribution < -0.4 is 0 Å². The van der Waals surface area contributed by atoms with E-state index in [9.17, 15) is 0 Å². The molecule has 0 N–H and O–H groups in total. The summed E-state index contributed by atoms with van der Waals surface area (Å²) in [5, 5.41) is 5.12. The monoisotopic (exact) mass is 598 g/mol. The highest BCUT2D eigenvalue weighted by atomic mass is 14.4. The van der Waals surface area contributed by atoms with Crippen LogP contribution in [0, 0.1) is 0 Å². The molecule has 0 aromatic heterocycles. The highest BCUT2D eigenvalue weighted by molar-refractivity contribution is 6.22. The Hall–Kier alpha value is -5.72. The van der Waals surface area contributed by atoms with Crippen LogP contribution in [-0.2, 0) is 5.41 Å². The van der Waals surface area contributed by atoms with E-state index in [4.69, 9.17) is 0 Å². The molecule has 0 spiro atoms. The Morgan fingerprint density at radius 2 is 0.681 bits per heavy atom. The second kappa shape index (κ2) is 10.7. The van der Waals surface area contributed by atoms with Crippen molar-refractivity contribution in [3.05, 3.63) is 181 Å². The molecular formula is C47H34. The van der Waals surface area contributed by atoms with E-state index in [1.807, 2.05) is 0 Å². The topological polar surface area (TPSA) is 0 Å². The zero-order chi connectivity index (χ0) is 31.5.